The van der Waals surface area contributed by atoms with E-state index in [2.05, 4.69) is 58.8 Å². The van der Waals surface area contributed by atoms with Crippen molar-refractivity contribution in [2.24, 2.45) is 31.9 Å². The summed E-state index contributed by atoms with van der Waals surface area (Å²) in [4.78, 5) is 47.1. The molecular weight excluding hydrogens is 681 g/mol. The molecule has 2 aliphatic rings. The van der Waals surface area contributed by atoms with Crippen LogP contribution in [0.4, 0.5) is 11.4 Å². The SMILES string of the molecule is CC(=O)c1ccc(N=NC(C(N)=O)=C2NC(C)(C)Cc3ccccc32)cc1.CC(=O)c1cccc(N=NC(C(N)=O)=C2NC(C)(C)Cc3ccccc32)c1. The fourth-order valence-corrected chi connectivity index (χ4v) is 6.27. The zero-order chi connectivity index (χ0) is 39.2. The number of primary amides is 2. The molecule has 0 unspecified atom stereocenters. The number of fused-ring (bicyclic) bond motifs is 2. The Labute approximate surface area is 314 Å². The molecule has 4 aromatic carbocycles. The van der Waals surface area contributed by atoms with Crippen LogP contribution in [0.5, 0.6) is 0 Å². The molecule has 6 rings (SSSR count). The lowest BCUT2D eigenvalue weighted by Crippen LogP contribution is -2.44. The number of azo groups is 2. The Bertz CT molecular complexity index is 2250. The molecule has 0 atom stereocenters. The minimum Gasteiger partial charge on any atom is -0.377 e. The van der Waals surface area contributed by atoms with E-state index in [0.29, 0.717) is 33.9 Å². The first-order valence-corrected chi connectivity index (χ1v) is 17.4. The van der Waals surface area contributed by atoms with Gasteiger partial charge in [-0.05, 0) is 102 Å². The molecule has 0 saturated heterocycles. The molecule has 6 N–H and O–H groups in total. The lowest BCUT2D eigenvalue weighted by molar-refractivity contribution is -0.115. The molecule has 4 aromatic rings. The Balaban J connectivity index is 0.000000208. The monoisotopic (exact) mass is 724 g/mol. The molecule has 2 amide bonds. The number of Topliss-reactive ketones (excluding diaryl/α,β-unsaturated/α-hetero) is 2. The normalized spacial score (nSPS) is 17.1. The number of benzene rings is 4. The summed E-state index contributed by atoms with van der Waals surface area (Å²) >= 11 is 0. The number of nitrogens with zero attached hydrogens (tertiary/aromatic N) is 4. The number of hydrogen-bond acceptors (Lipinski definition) is 10. The largest absolute Gasteiger partial charge is 0.377 e. The molecule has 2 heterocycles. The smallest absolute Gasteiger partial charge is 0.271 e. The fraction of sp³-hybridized carbons (Fsp3) is 0.238. The van der Waals surface area contributed by atoms with E-state index in [0.717, 1.165) is 35.1 Å². The Hall–Kier alpha value is -6.56. The van der Waals surface area contributed by atoms with Crippen molar-refractivity contribution in [1.29, 1.82) is 0 Å². The van der Waals surface area contributed by atoms with Gasteiger partial charge in [0.25, 0.3) is 11.8 Å². The molecule has 2 aliphatic heterocycles. The van der Waals surface area contributed by atoms with Crippen LogP contribution in [0.1, 0.15) is 84.5 Å². The van der Waals surface area contributed by atoms with Gasteiger partial charge in [-0.1, -0.05) is 60.7 Å². The van der Waals surface area contributed by atoms with Crippen LogP contribution >= 0.6 is 0 Å². The van der Waals surface area contributed by atoms with Gasteiger partial charge in [-0.15, -0.1) is 10.2 Å². The van der Waals surface area contributed by atoms with Gasteiger partial charge >= 0.3 is 0 Å². The molecule has 0 radical (unpaired) electrons. The molecule has 276 valence electrons. The van der Waals surface area contributed by atoms with E-state index in [4.69, 9.17) is 11.5 Å². The molecular formula is C42H44N8O4. The first-order chi connectivity index (χ1) is 25.5. The van der Waals surface area contributed by atoms with E-state index in [1.807, 2.05) is 48.5 Å². The van der Waals surface area contributed by atoms with Gasteiger partial charge in [-0.25, -0.2) is 0 Å². The Morgan fingerprint density at radius 1 is 0.556 bits per heavy atom. The third-order valence-corrected chi connectivity index (χ3v) is 8.76. The zero-order valence-corrected chi connectivity index (χ0v) is 31.2. The maximum Gasteiger partial charge on any atom is 0.271 e. The summed E-state index contributed by atoms with van der Waals surface area (Å²) in [7, 11) is 0. The molecule has 12 nitrogen and oxygen atoms in total. The number of ketones is 2. The van der Waals surface area contributed by atoms with E-state index in [-0.39, 0.29) is 34.0 Å². The van der Waals surface area contributed by atoms with Crippen molar-refractivity contribution in [1.82, 2.24) is 10.6 Å². The highest BCUT2D eigenvalue weighted by atomic mass is 16.2. The van der Waals surface area contributed by atoms with Crippen LogP contribution in [0.15, 0.2) is 129 Å². The van der Waals surface area contributed by atoms with Crippen LogP contribution in [0.3, 0.4) is 0 Å². The molecule has 12 heteroatoms. The van der Waals surface area contributed by atoms with Crippen LogP contribution in [0.25, 0.3) is 11.4 Å². The van der Waals surface area contributed by atoms with Crippen molar-refractivity contribution in [3.8, 4) is 0 Å². The number of hydrogen-bond donors (Lipinski definition) is 4. The predicted octanol–water partition coefficient (Wildman–Crippen LogP) is 7.50. The van der Waals surface area contributed by atoms with Crippen molar-refractivity contribution in [3.05, 3.63) is 142 Å². The molecule has 0 aromatic heterocycles. The van der Waals surface area contributed by atoms with Crippen LogP contribution in [0.2, 0.25) is 0 Å². The van der Waals surface area contributed by atoms with E-state index >= 15 is 0 Å². The fourth-order valence-electron chi connectivity index (χ4n) is 6.27. The van der Waals surface area contributed by atoms with Gasteiger partial charge in [-0.2, -0.15) is 10.2 Å². The number of amides is 2. The lowest BCUT2D eigenvalue weighted by Gasteiger charge is -2.35. The van der Waals surface area contributed by atoms with E-state index < -0.39 is 11.8 Å². The second-order valence-corrected chi connectivity index (χ2v) is 14.5. The van der Waals surface area contributed by atoms with Gasteiger partial charge in [0.15, 0.2) is 23.0 Å². The maximum absolute atomic E-state index is 12.1. The Kier molecular flexibility index (Phi) is 11.4. The minimum absolute atomic E-state index is 0.0244. The highest BCUT2D eigenvalue weighted by Gasteiger charge is 2.32. The molecule has 54 heavy (non-hydrogen) atoms. The van der Waals surface area contributed by atoms with Gasteiger partial charge in [0, 0.05) is 33.3 Å². The van der Waals surface area contributed by atoms with Crippen LogP contribution < -0.4 is 22.1 Å². The Morgan fingerprint density at radius 2 is 1.00 bits per heavy atom. The number of carbonyl (C=O) groups is 4. The van der Waals surface area contributed by atoms with E-state index in [9.17, 15) is 19.2 Å². The van der Waals surface area contributed by atoms with Crippen molar-refractivity contribution in [3.63, 3.8) is 0 Å². The highest BCUT2D eigenvalue weighted by molar-refractivity contribution is 6.01. The van der Waals surface area contributed by atoms with Gasteiger partial charge in [-0.3, -0.25) is 19.2 Å². The predicted molar refractivity (Wildman–Crippen MR) is 209 cm³/mol. The number of rotatable bonds is 8. The van der Waals surface area contributed by atoms with E-state index in [1.54, 1.807) is 48.5 Å². The van der Waals surface area contributed by atoms with Crippen molar-refractivity contribution < 1.29 is 19.2 Å². The van der Waals surface area contributed by atoms with Gasteiger partial charge < -0.3 is 22.1 Å². The molecule has 0 fully saturated rings. The Morgan fingerprint density at radius 3 is 1.44 bits per heavy atom. The zero-order valence-electron chi connectivity index (χ0n) is 31.2. The topological polar surface area (TPSA) is 194 Å². The molecule has 0 aliphatic carbocycles. The minimum atomic E-state index is -0.670. The third-order valence-electron chi connectivity index (χ3n) is 8.76. The van der Waals surface area contributed by atoms with Crippen LogP contribution in [-0.4, -0.2) is 34.5 Å². The van der Waals surface area contributed by atoms with Crippen molar-refractivity contribution >= 4 is 46.1 Å². The summed E-state index contributed by atoms with van der Waals surface area (Å²) in [5.74, 6) is -1.42. The van der Waals surface area contributed by atoms with E-state index in [1.165, 1.54) is 13.8 Å². The first kappa shape index (κ1) is 38.7. The standard InChI is InChI=1S/2C21H22N4O2/c1-13(26)14-8-6-9-16(11-14)24-25-19(20(22)27)18-17-10-5-4-7-15(17)12-21(2,3)23-18;1-13(26)14-8-10-16(11-9-14)24-25-19(20(22)27)18-17-7-5-4-6-15(17)12-21(2,3)23-18/h2*4-11,23H,12H2,1-3H3,(H2,22,27). The first-order valence-electron chi connectivity index (χ1n) is 17.4. The second-order valence-electron chi connectivity index (χ2n) is 14.5. The summed E-state index contributed by atoms with van der Waals surface area (Å²) in [5.41, 5.74) is 18.2. The number of nitrogens with two attached hydrogens (primary N) is 2. The number of carbonyl (C=O) groups excluding carboxylic acids is 4. The molecule has 0 saturated carbocycles. The van der Waals surface area contributed by atoms with Gasteiger partial charge in [0.1, 0.15) is 0 Å². The summed E-state index contributed by atoms with van der Waals surface area (Å²) in [5, 5.41) is 23.3. The third kappa shape index (κ3) is 9.45. The quantitative estimate of drug-likeness (QED) is 0.0825. The summed E-state index contributed by atoms with van der Waals surface area (Å²) in [6.45, 7) is 11.2. The average Bonchev–Trinajstić information content (AvgIpc) is 3.11. The summed E-state index contributed by atoms with van der Waals surface area (Å²) < 4.78 is 0. The summed E-state index contributed by atoms with van der Waals surface area (Å²) in [6.07, 6.45) is 1.64. The summed E-state index contributed by atoms with van der Waals surface area (Å²) in [6, 6.07) is 29.2. The number of nitrogens with one attached hydrogen (secondary N) is 2. The maximum atomic E-state index is 12.1. The van der Waals surface area contributed by atoms with Crippen LogP contribution in [0, 0.1) is 0 Å². The lowest BCUT2D eigenvalue weighted by atomic mass is 9.85. The van der Waals surface area contributed by atoms with Gasteiger partial charge in [0.05, 0.1) is 22.8 Å². The highest BCUT2D eigenvalue weighted by Crippen LogP contribution is 2.33. The average molecular weight is 725 g/mol. The van der Waals surface area contributed by atoms with Crippen molar-refractivity contribution in [2.45, 2.75) is 65.5 Å². The van der Waals surface area contributed by atoms with Gasteiger partial charge in [0.2, 0.25) is 0 Å². The second kappa shape index (κ2) is 16.0. The molecule has 0 bridgehead atoms. The van der Waals surface area contributed by atoms with Crippen molar-refractivity contribution in [2.75, 3.05) is 0 Å². The van der Waals surface area contributed by atoms with Crippen LogP contribution in [-0.2, 0) is 22.4 Å². The molecule has 0 spiro atoms.